The summed E-state index contributed by atoms with van der Waals surface area (Å²) in [5.41, 5.74) is 21.5. The number of anilines is 6. The highest BCUT2D eigenvalue weighted by molar-refractivity contribution is 7.99. The van der Waals surface area contributed by atoms with Gasteiger partial charge in [-0.25, -0.2) is 0 Å². The molecule has 0 fully saturated rings. The molecule has 0 amide bonds. The van der Waals surface area contributed by atoms with Gasteiger partial charge in [-0.2, -0.15) is 0 Å². The van der Waals surface area contributed by atoms with Crippen LogP contribution in [0.4, 0.5) is 34.1 Å². The Morgan fingerprint density at radius 1 is 0.532 bits per heavy atom. The first-order valence-corrected chi connectivity index (χ1v) is 23.0. The average Bonchev–Trinajstić information content (AvgIpc) is 3.59. The summed E-state index contributed by atoms with van der Waals surface area (Å²) in [5.74, 6) is 0. The van der Waals surface area contributed by atoms with Crippen molar-refractivity contribution in [1.82, 2.24) is 4.57 Å². The third-order valence-corrected chi connectivity index (χ3v) is 15.4. The zero-order chi connectivity index (χ0) is 43.0. The summed E-state index contributed by atoms with van der Waals surface area (Å²) in [6.45, 7) is 23.1. The number of rotatable bonds is 4. The SMILES string of the molecule is Cc1ccccc1Sc1c(C)ccc2c1c1c3n2-c2cccc(c2)C(C)(C)c2ccc4c(c2)B3c2c(cccc2N1c1ccc(C(C)(C)C)cc1)N4c1ccc(C(C)(C)C)cc1. The van der Waals surface area contributed by atoms with E-state index in [9.17, 15) is 0 Å². The van der Waals surface area contributed by atoms with E-state index in [2.05, 4.69) is 229 Å². The highest BCUT2D eigenvalue weighted by Crippen LogP contribution is 2.51. The summed E-state index contributed by atoms with van der Waals surface area (Å²) in [5, 5.41) is 1.30. The number of hydrogen-bond donors (Lipinski definition) is 0. The van der Waals surface area contributed by atoms with Crippen LogP contribution < -0.4 is 26.3 Å². The van der Waals surface area contributed by atoms with Crippen LogP contribution in [0.15, 0.2) is 155 Å². The lowest BCUT2D eigenvalue weighted by Crippen LogP contribution is -2.63. The summed E-state index contributed by atoms with van der Waals surface area (Å²) in [7, 11) is 0. The van der Waals surface area contributed by atoms with Gasteiger partial charge in [-0.3, -0.25) is 0 Å². The Kier molecular flexibility index (Phi) is 8.52. The van der Waals surface area contributed by atoms with E-state index in [-0.39, 0.29) is 23.0 Å². The summed E-state index contributed by atoms with van der Waals surface area (Å²) >= 11 is 1.91. The minimum absolute atomic E-state index is 0.0318. The first-order chi connectivity index (χ1) is 29.6. The second kappa shape index (κ2) is 13.5. The molecule has 0 spiro atoms. The second-order valence-corrected chi connectivity index (χ2v) is 21.5. The van der Waals surface area contributed by atoms with Crippen molar-refractivity contribution in [3.8, 4) is 5.69 Å². The van der Waals surface area contributed by atoms with Gasteiger partial charge in [-0.1, -0.05) is 146 Å². The van der Waals surface area contributed by atoms with Crippen LogP contribution in [0, 0.1) is 13.8 Å². The molecule has 3 aliphatic heterocycles. The minimum Gasteiger partial charge on any atom is -0.319 e. The van der Waals surface area contributed by atoms with Crippen LogP contribution in [0.3, 0.4) is 0 Å². The fourth-order valence-corrected chi connectivity index (χ4v) is 11.5. The lowest BCUT2D eigenvalue weighted by molar-refractivity contribution is 0.590. The average molecular weight is 824 g/mol. The maximum absolute atomic E-state index is 2.64. The summed E-state index contributed by atoms with van der Waals surface area (Å²) in [4.78, 5) is 7.75. The third kappa shape index (κ3) is 5.73. The number of aryl methyl sites for hydroxylation is 2. The van der Waals surface area contributed by atoms with Gasteiger partial charge in [0.05, 0.1) is 11.2 Å². The Bertz CT molecular complexity index is 3120. The molecule has 4 heterocycles. The molecule has 5 heteroatoms. The Labute approximate surface area is 372 Å². The van der Waals surface area contributed by atoms with Gasteiger partial charge in [0.2, 0.25) is 0 Å². The van der Waals surface area contributed by atoms with E-state index < -0.39 is 0 Å². The van der Waals surface area contributed by atoms with E-state index in [4.69, 9.17) is 0 Å². The maximum atomic E-state index is 2.64. The Morgan fingerprint density at radius 3 is 1.81 bits per heavy atom. The standard InChI is InChI=1S/C57H54BN3S/c1-35-15-11-12-20-49(35)62-53-36(2)21-31-46-50(53)52-54-58-44-34-40(57(9,10)39-16-13-17-43(33-39)61(46)54)26-32-45(44)59(41-27-22-37(23-28-41)55(3,4)5)47-18-14-19-48(51(47)58)60(52)42-29-24-38(25-30-42)56(6,7)8/h11-34H,1-10H3. The van der Waals surface area contributed by atoms with Crippen LogP contribution in [0.2, 0.25) is 0 Å². The van der Waals surface area contributed by atoms with Crippen molar-refractivity contribution < 1.29 is 0 Å². The maximum Gasteiger partial charge on any atom is 0.273 e. The molecule has 0 atom stereocenters. The highest BCUT2D eigenvalue weighted by Gasteiger charge is 2.48. The number of aromatic nitrogens is 1. The second-order valence-electron chi connectivity index (χ2n) is 20.4. The number of hydrogen-bond acceptors (Lipinski definition) is 3. The summed E-state index contributed by atoms with van der Waals surface area (Å²) in [6.07, 6.45) is 0. The number of fused-ring (bicyclic) bond motifs is 7. The van der Waals surface area contributed by atoms with E-state index >= 15 is 0 Å². The molecule has 62 heavy (non-hydrogen) atoms. The lowest BCUT2D eigenvalue weighted by atomic mass is 9.34. The van der Waals surface area contributed by atoms with Gasteiger partial charge >= 0.3 is 0 Å². The molecule has 7 aromatic carbocycles. The van der Waals surface area contributed by atoms with Gasteiger partial charge in [0.1, 0.15) is 0 Å². The molecule has 11 rings (SSSR count). The van der Waals surface area contributed by atoms with E-state index in [0.29, 0.717) is 0 Å². The van der Waals surface area contributed by atoms with Gasteiger partial charge < -0.3 is 14.4 Å². The van der Waals surface area contributed by atoms with E-state index in [0.717, 1.165) is 0 Å². The molecule has 1 aromatic heterocycles. The Balaban J connectivity index is 1.31. The first kappa shape index (κ1) is 39.0. The molecule has 306 valence electrons. The fourth-order valence-electron chi connectivity index (χ4n) is 10.4. The Morgan fingerprint density at radius 2 is 1.15 bits per heavy atom. The normalized spacial score (nSPS) is 14.7. The van der Waals surface area contributed by atoms with Crippen molar-refractivity contribution in [1.29, 1.82) is 0 Å². The molecule has 3 nitrogen and oxygen atoms in total. The van der Waals surface area contributed by atoms with E-state index in [1.165, 1.54) is 110 Å². The van der Waals surface area contributed by atoms with Gasteiger partial charge in [0, 0.05) is 60.3 Å². The fraction of sp³-hybridized carbons (Fsp3) is 0.228. The van der Waals surface area contributed by atoms with Crippen molar-refractivity contribution in [2.45, 2.75) is 95.3 Å². The van der Waals surface area contributed by atoms with E-state index in [1.807, 2.05) is 11.8 Å². The van der Waals surface area contributed by atoms with Crippen LogP contribution in [0.5, 0.6) is 0 Å². The minimum atomic E-state index is -0.231. The van der Waals surface area contributed by atoms with Crippen molar-refractivity contribution in [2.75, 3.05) is 9.80 Å². The van der Waals surface area contributed by atoms with Gasteiger partial charge in [-0.15, -0.1) is 0 Å². The Hall–Kier alpha value is -5.91. The summed E-state index contributed by atoms with van der Waals surface area (Å²) < 4.78 is 2.64. The zero-order valence-electron chi connectivity index (χ0n) is 37.7. The quantitative estimate of drug-likeness (QED) is 0.164. The zero-order valence-corrected chi connectivity index (χ0v) is 38.5. The third-order valence-electron chi connectivity index (χ3n) is 14.0. The molecule has 0 unspecified atom stereocenters. The van der Waals surface area contributed by atoms with Gasteiger partial charge in [0.25, 0.3) is 6.71 Å². The molecule has 0 saturated heterocycles. The van der Waals surface area contributed by atoms with Gasteiger partial charge in [-0.05, 0) is 136 Å². The molecular formula is C57H54BN3S. The van der Waals surface area contributed by atoms with Crippen LogP contribution in [0.25, 0.3) is 16.6 Å². The number of nitrogens with zero attached hydrogens (tertiary/aromatic N) is 3. The molecular weight excluding hydrogens is 770 g/mol. The van der Waals surface area contributed by atoms with Crippen LogP contribution >= 0.6 is 11.8 Å². The largest absolute Gasteiger partial charge is 0.319 e. The first-order valence-electron chi connectivity index (χ1n) is 22.2. The van der Waals surface area contributed by atoms with Crippen molar-refractivity contribution >= 4 is 80.0 Å². The molecule has 0 radical (unpaired) electrons. The molecule has 0 saturated carbocycles. The monoisotopic (exact) mass is 823 g/mol. The molecule has 3 aliphatic rings. The number of benzene rings is 7. The highest BCUT2D eigenvalue weighted by atomic mass is 32.2. The van der Waals surface area contributed by atoms with Crippen LogP contribution in [-0.4, -0.2) is 11.3 Å². The predicted molar refractivity (Wildman–Crippen MR) is 267 cm³/mol. The van der Waals surface area contributed by atoms with Crippen molar-refractivity contribution in [3.63, 3.8) is 0 Å². The predicted octanol–water partition coefficient (Wildman–Crippen LogP) is 13.7. The molecule has 4 bridgehead atoms. The van der Waals surface area contributed by atoms with Crippen molar-refractivity contribution in [2.24, 2.45) is 0 Å². The van der Waals surface area contributed by atoms with E-state index in [1.54, 1.807) is 0 Å². The smallest absolute Gasteiger partial charge is 0.273 e. The summed E-state index contributed by atoms with van der Waals surface area (Å²) in [6, 6.07) is 56.1. The molecule has 8 aromatic rings. The topological polar surface area (TPSA) is 11.4 Å². The van der Waals surface area contributed by atoms with Crippen LogP contribution in [-0.2, 0) is 16.2 Å². The molecule has 0 N–H and O–H groups in total. The van der Waals surface area contributed by atoms with Crippen molar-refractivity contribution in [3.05, 3.63) is 179 Å². The van der Waals surface area contributed by atoms with Crippen LogP contribution in [0.1, 0.15) is 88.8 Å². The lowest BCUT2D eigenvalue weighted by Gasteiger charge is -2.44. The van der Waals surface area contributed by atoms with Gasteiger partial charge in [0.15, 0.2) is 0 Å². The molecule has 0 aliphatic carbocycles.